The number of benzene rings is 1. The SMILES string of the molecule is Cc1cccc(-c2oc(=O)c3cccnc3c2I)c1. The summed E-state index contributed by atoms with van der Waals surface area (Å²) in [5.74, 6) is 0.584. The van der Waals surface area contributed by atoms with Gasteiger partial charge in [0.2, 0.25) is 0 Å². The Hall–Kier alpha value is -1.69. The highest BCUT2D eigenvalue weighted by atomic mass is 127. The van der Waals surface area contributed by atoms with Crippen LogP contribution in [0.25, 0.3) is 22.2 Å². The van der Waals surface area contributed by atoms with Crippen LogP contribution in [-0.2, 0) is 0 Å². The van der Waals surface area contributed by atoms with E-state index in [-0.39, 0.29) is 5.63 Å². The molecule has 0 saturated carbocycles. The Morgan fingerprint density at radius 1 is 1.21 bits per heavy atom. The molecule has 3 nitrogen and oxygen atoms in total. The van der Waals surface area contributed by atoms with Crippen LogP contribution in [0.3, 0.4) is 0 Å². The van der Waals surface area contributed by atoms with Crippen molar-refractivity contribution in [3.05, 3.63) is 62.1 Å². The number of aryl methyl sites for hydroxylation is 1. The maximum absolute atomic E-state index is 12.0. The minimum atomic E-state index is -0.347. The molecular formula is C15H10INO2. The molecule has 19 heavy (non-hydrogen) atoms. The summed E-state index contributed by atoms with van der Waals surface area (Å²) >= 11 is 2.18. The van der Waals surface area contributed by atoms with Crippen LogP contribution in [0.5, 0.6) is 0 Å². The maximum Gasteiger partial charge on any atom is 0.345 e. The summed E-state index contributed by atoms with van der Waals surface area (Å²) in [5.41, 5.74) is 2.36. The predicted molar refractivity (Wildman–Crippen MR) is 83.2 cm³/mol. The predicted octanol–water partition coefficient (Wildman–Crippen LogP) is 3.77. The zero-order valence-corrected chi connectivity index (χ0v) is 12.3. The number of fused-ring (bicyclic) bond motifs is 1. The van der Waals surface area contributed by atoms with E-state index in [0.717, 1.165) is 14.7 Å². The first kappa shape index (κ1) is 12.3. The Balaban J connectivity index is 2.37. The Labute approximate surface area is 123 Å². The van der Waals surface area contributed by atoms with Gasteiger partial charge in [-0.15, -0.1) is 0 Å². The second-order valence-electron chi connectivity index (χ2n) is 4.30. The molecule has 1 aromatic carbocycles. The van der Waals surface area contributed by atoms with Gasteiger partial charge in [-0.05, 0) is 47.7 Å². The van der Waals surface area contributed by atoms with Gasteiger partial charge < -0.3 is 4.42 Å². The lowest BCUT2D eigenvalue weighted by Crippen LogP contribution is -2.04. The number of aromatic nitrogens is 1. The molecule has 0 N–H and O–H groups in total. The number of hydrogen-bond donors (Lipinski definition) is 0. The van der Waals surface area contributed by atoms with Crippen LogP contribution in [0, 0.1) is 10.5 Å². The first-order valence-electron chi connectivity index (χ1n) is 5.81. The molecule has 2 aromatic heterocycles. The molecule has 0 aliphatic carbocycles. The molecule has 0 atom stereocenters. The Bertz CT molecular complexity index is 824. The minimum Gasteiger partial charge on any atom is -0.421 e. The minimum absolute atomic E-state index is 0.347. The van der Waals surface area contributed by atoms with Crippen LogP contribution in [-0.4, -0.2) is 4.98 Å². The van der Waals surface area contributed by atoms with Crippen molar-refractivity contribution in [3.63, 3.8) is 0 Å². The second kappa shape index (κ2) is 4.77. The van der Waals surface area contributed by atoms with Gasteiger partial charge in [0, 0.05) is 11.8 Å². The number of halogens is 1. The van der Waals surface area contributed by atoms with Crippen LogP contribution >= 0.6 is 22.6 Å². The molecular weight excluding hydrogens is 353 g/mol. The molecule has 0 unspecified atom stereocenters. The quantitative estimate of drug-likeness (QED) is 0.619. The molecule has 0 aliphatic rings. The van der Waals surface area contributed by atoms with Crippen LogP contribution in [0.1, 0.15) is 5.56 Å². The van der Waals surface area contributed by atoms with E-state index in [0.29, 0.717) is 16.7 Å². The normalized spacial score (nSPS) is 10.8. The summed E-state index contributed by atoms with van der Waals surface area (Å²) in [6.07, 6.45) is 1.68. The first-order valence-corrected chi connectivity index (χ1v) is 6.89. The third-order valence-corrected chi connectivity index (χ3v) is 3.91. The van der Waals surface area contributed by atoms with Gasteiger partial charge in [0.05, 0.1) is 14.5 Å². The van der Waals surface area contributed by atoms with Crippen LogP contribution in [0.2, 0.25) is 0 Å². The van der Waals surface area contributed by atoms with Crippen molar-refractivity contribution in [2.75, 3.05) is 0 Å². The van der Waals surface area contributed by atoms with E-state index in [1.54, 1.807) is 18.3 Å². The maximum atomic E-state index is 12.0. The van der Waals surface area contributed by atoms with Gasteiger partial charge in [0.1, 0.15) is 0 Å². The van der Waals surface area contributed by atoms with E-state index in [1.807, 2.05) is 31.2 Å². The molecule has 0 bridgehead atoms. The van der Waals surface area contributed by atoms with E-state index >= 15 is 0 Å². The summed E-state index contributed by atoms with van der Waals surface area (Å²) in [6, 6.07) is 11.4. The zero-order chi connectivity index (χ0) is 13.4. The summed E-state index contributed by atoms with van der Waals surface area (Å²) in [5, 5.41) is 0.517. The molecule has 0 amide bonds. The Kier molecular flexibility index (Phi) is 3.10. The van der Waals surface area contributed by atoms with Crippen molar-refractivity contribution < 1.29 is 4.42 Å². The van der Waals surface area contributed by atoms with Crippen molar-refractivity contribution in [1.29, 1.82) is 0 Å². The number of pyridine rings is 1. The van der Waals surface area contributed by atoms with E-state index in [9.17, 15) is 4.79 Å². The van der Waals surface area contributed by atoms with Gasteiger partial charge in [-0.2, -0.15) is 0 Å². The summed E-state index contributed by atoms with van der Waals surface area (Å²) < 4.78 is 6.32. The zero-order valence-electron chi connectivity index (χ0n) is 10.2. The molecule has 4 heteroatoms. The topological polar surface area (TPSA) is 43.1 Å². The molecule has 3 rings (SSSR count). The third kappa shape index (κ3) is 2.16. The summed E-state index contributed by atoms with van der Waals surface area (Å²) in [6.45, 7) is 2.01. The highest BCUT2D eigenvalue weighted by Gasteiger charge is 2.14. The summed E-state index contributed by atoms with van der Waals surface area (Å²) in [7, 11) is 0. The van der Waals surface area contributed by atoms with Crippen molar-refractivity contribution in [3.8, 4) is 11.3 Å². The molecule has 0 spiro atoms. The van der Waals surface area contributed by atoms with Crippen LogP contribution < -0.4 is 5.63 Å². The fourth-order valence-corrected chi connectivity index (χ4v) is 2.87. The number of nitrogens with zero attached hydrogens (tertiary/aromatic N) is 1. The van der Waals surface area contributed by atoms with Gasteiger partial charge in [-0.1, -0.05) is 23.8 Å². The van der Waals surface area contributed by atoms with Gasteiger partial charge >= 0.3 is 5.63 Å². The molecule has 3 aromatic rings. The lowest BCUT2D eigenvalue weighted by Gasteiger charge is -2.06. The average molecular weight is 363 g/mol. The molecule has 0 fully saturated rings. The average Bonchev–Trinajstić information content (AvgIpc) is 2.43. The van der Waals surface area contributed by atoms with E-state index in [1.165, 1.54) is 0 Å². The standard InChI is InChI=1S/C15H10INO2/c1-9-4-2-5-10(8-9)14-12(16)13-11(15(18)19-14)6-3-7-17-13/h2-8H,1H3. The van der Waals surface area contributed by atoms with Crippen LogP contribution in [0.4, 0.5) is 0 Å². The highest BCUT2D eigenvalue weighted by molar-refractivity contribution is 14.1. The van der Waals surface area contributed by atoms with Crippen molar-refractivity contribution in [2.24, 2.45) is 0 Å². The second-order valence-corrected chi connectivity index (χ2v) is 5.38. The number of rotatable bonds is 1. The van der Waals surface area contributed by atoms with Crippen LogP contribution in [0.15, 0.2) is 51.8 Å². The molecule has 94 valence electrons. The Morgan fingerprint density at radius 2 is 2.05 bits per heavy atom. The van der Waals surface area contributed by atoms with E-state index < -0.39 is 0 Å². The third-order valence-electron chi connectivity index (χ3n) is 2.91. The van der Waals surface area contributed by atoms with Gasteiger partial charge in [0.15, 0.2) is 5.76 Å². The van der Waals surface area contributed by atoms with E-state index in [2.05, 4.69) is 27.6 Å². The van der Waals surface area contributed by atoms with Gasteiger partial charge in [0.25, 0.3) is 0 Å². The van der Waals surface area contributed by atoms with Crippen molar-refractivity contribution in [1.82, 2.24) is 4.98 Å². The Morgan fingerprint density at radius 3 is 2.84 bits per heavy atom. The number of hydrogen-bond acceptors (Lipinski definition) is 3. The lowest BCUT2D eigenvalue weighted by molar-refractivity contribution is 0.531. The smallest absolute Gasteiger partial charge is 0.345 e. The van der Waals surface area contributed by atoms with Gasteiger partial charge in [-0.3, -0.25) is 4.98 Å². The highest BCUT2D eigenvalue weighted by Crippen LogP contribution is 2.28. The summed E-state index contributed by atoms with van der Waals surface area (Å²) in [4.78, 5) is 16.3. The van der Waals surface area contributed by atoms with E-state index in [4.69, 9.17) is 4.42 Å². The fourth-order valence-electron chi connectivity index (χ4n) is 2.02. The molecule has 0 radical (unpaired) electrons. The molecule has 0 aliphatic heterocycles. The molecule has 0 saturated heterocycles. The first-order chi connectivity index (χ1) is 9.16. The van der Waals surface area contributed by atoms with Crippen molar-refractivity contribution in [2.45, 2.75) is 6.92 Å². The lowest BCUT2D eigenvalue weighted by atomic mass is 10.1. The fraction of sp³-hybridized carbons (Fsp3) is 0.0667. The monoisotopic (exact) mass is 363 g/mol. The van der Waals surface area contributed by atoms with Gasteiger partial charge in [-0.25, -0.2) is 4.79 Å². The molecule has 2 heterocycles. The van der Waals surface area contributed by atoms with Crippen molar-refractivity contribution >= 4 is 33.5 Å². The largest absolute Gasteiger partial charge is 0.421 e.